The van der Waals surface area contributed by atoms with Gasteiger partial charge in [-0.2, -0.15) is 0 Å². The summed E-state index contributed by atoms with van der Waals surface area (Å²) in [5.74, 6) is 1.16. The van der Waals surface area contributed by atoms with E-state index in [0.717, 1.165) is 16.5 Å². The molecule has 2 aliphatic rings. The van der Waals surface area contributed by atoms with Crippen LogP contribution in [0.5, 0.6) is 11.5 Å². The summed E-state index contributed by atoms with van der Waals surface area (Å²) in [7, 11) is 0. The first-order valence-electron chi connectivity index (χ1n) is 10.5. The van der Waals surface area contributed by atoms with Crippen LogP contribution in [0.15, 0.2) is 48.7 Å². The number of hydrogen-bond donors (Lipinski definition) is 1. The highest BCUT2D eigenvalue weighted by Crippen LogP contribution is 2.34. The molecule has 1 aromatic heterocycles. The summed E-state index contributed by atoms with van der Waals surface area (Å²) < 4.78 is 21.6. The summed E-state index contributed by atoms with van der Waals surface area (Å²) in [6.45, 7) is 3.22. The second-order valence-electron chi connectivity index (χ2n) is 7.41. The lowest BCUT2D eigenvalue weighted by Gasteiger charge is -2.21. The maximum absolute atomic E-state index is 13.3. The van der Waals surface area contributed by atoms with Crippen molar-refractivity contribution in [2.45, 2.75) is 13.3 Å². The zero-order valence-corrected chi connectivity index (χ0v) is 17.6. The topological polar surface area (TPSA) is 90.1 Å². The van der Waals surface area contributed by atoms with Crippen LogP contribution in [0.4, 0.5) is 4.79 Å². The lowest BCUT2D eigenvalue weighted by molar-refractivity contribution is 0.0808. The summed E-state index contributed by atoms with van der Waals surface area (Å²) in [5, 5.41) is 1.02. The number of aromatic nitrogens is 1. The Balaban J connectivity index is 1.51. The van der Waals surface area contributed by atoms with E-state index in [9.17, 15) is 9.59 Å². The molecule has 1 amide bonds. The van der Waals surface area contributed by atoms with Gasteiger partial charge in [-0.15, -0.1) is 0 Å². The summed E-state index contributed by atoms with van der Waals surface area (Å²) in [5.41, 5.74) is 3.03. The van der Waals surface area contributed by atoms with Crippen molar-refractivity contribution in [3.8, 4) is 11.5 Å². The molecule has 0 atom stereocenters. The maximum Gasteiger partial charge on any atom is 0.513 e. The zero-order chi connectivity index (χ0) is 22.1. The number of nitrogens with one attached hydrogen (secondary N) is 1. The van der Waals surface area contributed by atoms with Crippen LogP contribution in [0.25, 0.3) is 16.7 Å². The minimum Gasteiger partial charge on any atom is -0.486 e. The van der Waals surface area contributed by atoms with E-state index in [1.807, 2.05) is 24.3 Å². The van der Waals surface area contributed by atoms with Crippen LogP contribution in [0, 0.1) is 0 Å². The highest BCUT2D eigenvalue weighted by atomic mass is 16.7. The molecular formula is C24H22N2O6. The van der Waals surface area contributed by atoms with Gasteiger partial charge in [0.15, 0.2) is 17.3 Å². The largest absolute Gasteiger partial charge is 0.513 e. The summed E-state index contributed by atoms with van der Waals surface area (Å²) in [4.78, 5) is 30.3. The zero-order valence-electron chi connectivity index (χ0n) is 17.6. The number of aromatic amines is 1. The molecule has 0 unspecified atom stereocenters. The Labute approximate surface area is 184 Å². The number of rotatable bonds is 3. The van der Waals surface area contributed by atoms with E-state index in [0.29, 0.717) is 48.9 Å². The average Bonchev–Trinajstić information content (AvgIpc) is 3.10. The Morgan fingerprint density at radius 2 is 1.91 bits per heavy atom. The van der Waals surface area contributed by atoms with Crippen LogP contribution in [-0.2, 0) is 15.9 Å². The SMILES string of the molecule is CCOC(=O)OC1=CN(C(=O)c2ccc3c(c2)OCCO3)CCc2c1[nH]c1ccccc21. The van der Waals surface area contributed by atoms with E-state index in [-0.39, 0.29) is 18.3 Å². The lowest BCUT2D eigenvalue weighted by atomic mass is 10.1. The number of ether oxygens (including phenoxy) is 4. The van der Waals surface area contributed by atoms with Crippen LogP contribution >= 0.6 is 0 Å². The van der Waals surface area contributed by atoms with Crippen molar-refractivity contribution in [3.05, 3.63) is 65.5 Å². The van der Waals surface area contributed by atoms with Gasteiger partial charge in [0.2, 0.25) is 0 Å². The first-order chi connectivity index (χ1) is 15.6. The van der Waals surface area contributed by atoms with Gasteiger partial charge in [-0.1, -0.05) is 18.2 Å². The molecule has 0 bridgehead atoms. The number of H-pyrrole nitrogens is 1. The van der Waals surface area contributed by atoms with Crippen molar-refractivity contribution in [2.24, 2.45) is 0 Å². The van der Waals surface area contributed by atoms with Gasteiger partial charge < -0.3 is 28.8 Å². The van der Waals surface area contributed by atoms with Crippen LogP contribution in [-0.4, -0.2) is 48.3 Å². The third kappa shape index (κ3) is 3.64. The number of benzene rings is 2. The third-order valence-electron chi connectivity index (χ3n) is 5.44. The van der Waals surface area contributed by atoms with Crippen molar-refractivity contribution < 1.29 is 28.5 Å². The average molecular weight is 434 g/mol. The second-order valence-corrected chi connectivity index (χ2v) is 7.41. The molecule has 8 nitrogen and oxygen atoms in total. The van der Waals surface area contributed by atoms with Crippen molar-refractivity contribution >= 4 is 28.7 Å². The molecule has 0 saturated carbocycles. The molecule has 5 rings (SSSR count). The fraction of sp³-hybridized carbons (Fsp3) is 0.250. The standard InChI is InChI=1S/C24H22N2O6/c1-2-29-24(28)32-21-14-26(10-9-17-16-5-3-4-6-18(16)25-22(17)21)23(27)15-7-8-19-20(13-15)31-12-11-30-19/h3-8,13-14,25H,2,9-12H2,1H3. The Morgan fingerprint density at radius 3 is 2.75 bits per heavy atom. The number of amides is 1. The quantitative estimate of drug-likeness (QED) is 0.624. The van der Waals surface area contributed by atoms with E-state index in [1.54, 1.807) is 36.2 Å². The molecule has 0 aliphatic carbocycles. The number of hydrogen-bond acceptors (Lipinski definition) is 6. The molecule has 1 N–H and O–H groups in total. The Morgan fingerprint density at radius 1 is 1.09 bits per heavy atom. The molecular weight excluding hydrogens is 412 g/mol. The number of nitrogens with zero attached hydrogens (tertiary/aromatic N) is 1. The molecule has 32 heavy (non-hydrogen) atoms. The second kappa shape index (κ2) is 8.30. The predicted octanol–water partition coefficient (Wildman–Crippen LogP) is 4.11. The van der Waals surface area contributed by atoms with E-state index in [4.69, 9.17) is 18.9 Å². The Hall–Kier alpha value is -3.94. The van der Waals surface area contributed by atoms with Crippen molar-refractivity contribution in [3.63, 3.8) is 0 Å². The molecule has 3 heterocycles. The van der Waals surface area contributed by atoms with E-state index in [2.05, 4.69) is 4.98 Å². The summed E-state index contributed by atoms with van der Waals surface area (Å²) in [6, 6.07) is 13.0. The van der Waals surface area contributed by atoms with Gasteiger partial charge in [0.05, 0.1) is 18.5 Å². The number of para-hydroxylation sites is 1. The molecule has 3 aromatic rings. The maximum atomic E-state index is 13.3. The van der Waals surface area contributed by atoms with Crippen LogP contribution in [0.1, 0.15) is 28.5 Å². The minimum absolute atomic E-state index is 0.186. The van der Waals surface area contributed by atoms with Crippen molar-refractivity contribution in [1.82, 2.24) is 9.88 Å². The molecule has 2 aromatic carbocycles. The van der Waals surface area contributed by atoms with Crippen LogP contribution in [0.2, 0.25) is 0 Å². The monoisotopic (exact) mass is 434 g/mol. The smallest absolute Gasteiger partial charge is 0.486 e. The lowest BCUT2D eigenvalue weighted by Crippen LogP contribution is -2.28. The van der Waals surface area contributed by atoms with Gasteiger partial charge in [0.1, 0.15) is 13.2 Å². The summed E-state index contributed by atoms with van der Waals surface area (Å²) in [6.07, 6.45) is 1.32. The number of fused-ring (bicyclic) bond motifs is 4. The normalized spacial score (nSPS) is 14.9. The van der Waals surface area contributed by atoms with Gasteiger partial charge in [-0.25, -0.2) is 4.79 Å². The van der Waals surface area contributed by atoms with Crippen molar-refractivity contribution in [1.29, 1.82) is 0 Å². The van der Waals surface area contributed by atoms with Crippen LogP contribution < -0.4 is 9.47 Å². The van der Waals surface area contributed by atoms with Crippen molar-refractivity contribution in [2.75, 3.05) is 26.4 Å². The minimum atomic E-state index is -0.822. The van der Waals surface area contributed by atoms with Crippen LogP contribution in [0.3, 0.4) is 0 Å². The summed E-state index contributed by atoms with van der Waals surface area (Å²) >= 11 is 0. The van der Waals surface area contributed by atoms with Gasteiger partial charge >= 0.3 is 6.16 Å². The van der Waals surface area contributed by atoms with Gasteiger partial charge in [0.25, 0.3) is 5.91 Å². The van der Waals surface area contributed by atoms with Gasteiger partial charge in [-0.3, -0.25) is 4.79 Å². The molecule has 0 spiro atoms. The fourth-order valence-corrected chi connectivity index (χ4v) is 3.99. The Bertz CT molecular complexity index is 1230. The third-order valence-corrected chi connectivity index (χ3v) is 5.44. The molecule has 8 heteroatoms. The first-order valence-corrected chi connectivity index (χ1v) is 10.5. The molecule has 2 aliphatic heterocycles. The first kappa shape index (κ1) is 20.0. The highest BCUT2D eigenvalue weighted by Gasteiger charge is 2.27. The van der Waals surface area contributed by atoms with E-state index in [1.165, 1.54) is 0 Å². The van der Waals surface area contributed by atoms with Gasteiger partial charge in [-0.05, 0) is 43.2 Å². The van der Waals surface area contributed by atoms with E-state index >= 15 is 0 Å². The fourth-order valence-electron chi connectivity index (χ4n) is 3.99. The number of carbonyl (C=O) groups is 2. The number of carbonyl (C=O) groups excluding carboxylic acids is 2. The molecule has 164 valence electrons. The van der Waals surface area contributed by atoms with Gasteiger partial charge in [0, 0.05) is 23.0 Å². The Kier molecular flexibility index (Phi) is 5.18. The van der Waals surface area contributed by atoms with E-state index < -0.39 is 6.16 Å². The molecule has 0 saturated heterocycles. The highest BCUT2D eigenvalue weighted by molar-refractivity contribution is 5.97. The predicted molar refractivity (Wildman–Crippen MR) is 117 cm³/mol. The molecule has 0 fully saturated rings. The molecule has 0 radical (unpaired) electrons.